The van der Waals surface area contributed by atoms with Gasteiger partial charge in [-0.1, -0.05) is 25.4 Å². The van der Waals surface area contributed by atoms with Crippen molar-refractivity contribution in [2.45, 2.75) is 19.8 Å². The summed E-state index contributed by atoms with van der Waals surface area (Å²) in [7, 11) is 1.59. The quantitative estimate of drug-likeness (QED) is 0.796. The van der Waals surface area contributed by atoms with Gasteiger partial charge in [0.2, 0.25) is 5.65 Å². The first-order valence-electron chi connectivity index (χ1n) is 6.78. The lowest BCUT2D eigenvalue weighted by atomic mass is 10.2. The molecule has 0 amide bonds. The summed E-state index contributed by atoms with van der Waals surface area (Å²) >= 11 is 6.12. The van der Waals surface area contributed by atoms with Crippen LogP contribution in [0.3, 0.4) is 0 Å². The highest BCUT2D eigenvalue weighted by molar-refractivity contribution is 6.29. The number of pyridine rings is 1. The number of ether oxygens (including phenoxy) is 1. The minimum atomic E-state index is 0.179. The zero-order chi connectivity index (χ0) is 15.7. The number of rotatable bonds is 4. The van der Waals surface area contributed by atoms with E-state index < -0.39 is 0 Å². The van der Waals surface area contributed by atoms with Gasteiger partial charge in [0.1, 0.15) is 0 Å². The van der Waals surface area contributed by atoms with Gasteiger partial charge < -0.3 is 10.1 Å². The number of fused-ring (bicyclic) bond motifs is 1. The van der Waals surface area contributed by atoms with Crippen molar-refractivity contribution in [2.75, 3.05) is 12.4 Å². The molecule has 0 saturated heterocycles. The molecule has 114 valence electrons. The molecule has 0 spiro atoms. The fraction of sp³-hybridized carbons (Fsp3) is 0.286. The molecule has 3 heterocycles. The molecule has 0 saturated carbocycles. The summed E-state index contributed by atoms with van der Waals surface area (Å²) in [6, 6.07) is 5.30. The van der Waals surface area contributed by atoms with Crippen molar-refractivity contribution in [1.82, 2.24) is 24.8 Å². The van der Waals surface area contributed by atoms with Gasteiger partial charge in [0.05, 0.1) is 12.8 Å². The number of anilines is 2. The predicted octanol–water partition coefficient (Wildman–Crippen LogP) is 3.05. The first kappa shape index (κ1) is 14.5. The first-order valence-corrected chi connectivity index (χ1v) is 7.16. The maximum absolute atomic E-state index is 6.12. The fourth-order valence-corrected chi connectivity index (χ4v) is 2.28. The molecular weight excluding hydrogens is 304 g/mol. The highest BCUT2D eigenvalue weighted by Crippen LogP contribution is 2.28. The molecule has 0 atom stereocenters. The Kier molecular flexibility index (Phi) is 3.81. The van der Waals surface area contributed by atoms with Crippen LogP contribution in [0.2, 0.25) is 5.15 Å². The normalized spacial score (nSPS) is 11.1. The van der Waals surface area contributed by atoms with E-state index in [1.54, 1.807) is 30.0 Å². The molecule has 0 aliphatic carbocycles. The minimum Gasteiger partial charge on any atom is -0.493 e. The number of nitrogens with zero attached hydrogens (tertiary/aromatic N) is 5. The van der Waals surface area contributed by atoms with Gasteiger partial charge in [0.25, 0.3) is 0 Å². The predicted molar refractivity (Wildman–Crippen MR) is 84.0 cm³/mol. The molecular formula is C14H15ClN6O. The van der Waals surface area contributed by atoms with Gasteiger partial charge in [-0.15, -0.1) is 10.2 Å². The Morgan fingerprint density at radius 1 is 1.32 bits per heavy atom. The third-order valence-corrected chi connectivity index (χ3v) is 3.31. The van der Waals surface area contributed by atoms with Gasteiger partial charge in [-0.3, -0.25) is 0 Å². The maximum Gasteiger partial charge on any atom is 0.201 e. The highest BCUT2D eigenvalue weighted by atomic mass is 35.5. The molecule has 3 aromatic rings. The molecule has 0 aliphatic heterocycles. The van der Waals surface area contributed by atoms with Crippen LogP contribution >= 0.6 is 11.6 Å². The number of hydrogen-bond donors (Lipinski definition) is 1. The Labute approximate surface area is 132 Å². The largest absolute Gasteiger partial charge is 0.493 e. The monoisotopic (exact) mass is 318 g/mol. The van der Waals surface area contributed by atoms with E-state index in [0.29, 0.717) is 28.1 Å². The number of halogens is 1. The highest BCUT2D eigenvalue weighted by Gasteiger charge is 2.16. The number of nitrogens with one attached hydrogen (secondary N) is 1. The summed E-state index contributed by atoms with van der Waals surface area (Å²) < 4.78 is 6.93. The van der Waals surface area contributed by atoms with Crippen LogP contribution in [-0.4, -0.2) is 31.9 Å². The van der Waals surface area contributed by atoms with Crippen LogP contribution < -0.4 is 10.1 Å². The molecule has 0 aliphatic rings. The Balaban J connectivity index is 2.11. The van der Waals surface area contributed by atoms with Crippen LogP contribution in [0.1, 0.15) is 25.6 Å². The molecule has 0 unspecified atom stereocenters. The van der Waals surface area contributed by atoms with Crippen LogP contribution in [-0.2, 0) is 0 Å². The van der Waals surface area contributed by atoms with Crippen LogP contribution in [0.15, 0.2) is 24.4 Å². The molecule has 8 heteroatoms. The third-order valence-electron chi connectivity index (χ3n) is 3.12. The van der Waals surface area contributed by atoms with Crippen LogP contribution in [0.5, 0.6) is 5.75 Å². The van der Waals surface area contributed by atoms with Crippen molar-refractivity contribution in [3.8, 4) is 5.75 Å². The van der Waals surface area contributed by atoms with Crippen molar-refractivity contribution in [3.05, 3.63) is 35.4 Å². The summed E-state index contributed by atoms with van der Waals surface area (Å²) in [6.45, 7) is 4.04. The second-order valence-electron chi connectivity index (χ2n) is 5.01. The summed E-state index contributed by atoms with van der Waals surface area (Å²) in [5, 5.41) is 16.2. The topological polar surface area (TPSA) is 77.2 Å². The molecule has 3 rings (SSSR count). The Morgan fingerprint density at radius 2 is 2.14 bits per heavy atom. The van der Waals surface area contributed by atoms with E-state index in [1.165, 1.54) is 0 Å². The summed E-state index contributed by atoms with van der Waals surface area (Å²) in [4.78, 5) is 4.27. The average molecular weight is 319 g/mol. The lowest BCUT2D eigenvalue weighted by Gasteiger charge is -2.10. The minimum absolute atomic E-state index is 0.179. The number of hydrogen-bond acceptors (Lipinski definition) is 6. The van der Waals surface area contributed by atoms with Gasteiger partial charge in [0, 0.05) is 18.2 Å². The third kappa shape index (κ3) is 2.55. The molecule has 0 radical (unpaired) electrons. The van der Waals surface area contributed by atoms with Gasteiger partial charge in [-0.2, -0.15) is 9.61 Å². The van der Waals surface area contributed by atoms with Gasteiger partial charge in [-0.25, -0.2) is 4.98 Å². The molecule has 7 nitrogen and oxygen atoms in total. The average Bonchev–Trinajstić information content (AvgIpc) is 2.91. The zero-order valence-electron chi connectivity index (χ0n) is 12.4. The summed E-state index contributed by atoms with van der Waals surface area (Å²) in [6.07, 6.45) is 1.67. The van der Waals surface area contributed by atoms with Crippen LogP contribution in [0.25, 0.3) is 5.65 Å². The van der Waals surface area contributed by atoms with E-state index in [2.05, 4.69) is 25.6 Å². The van der Waals surface area contributed by atoms with Gasteiger partial charge in [0.15, 0.2) is 22.5 Å². The second kappa shape index (κ2) is 5.76. The molecule has 0 aromatic carbocycles. The Hall–Kier alpha value is -2.41. The van der Waals surface area contributed by atoms with E-state index in [9.17, 15) is 0 Å². The van der Waals surface area contributed by atoms with Crippen LogP contribution in [0.4, 0.5) is 11.5 Å². The van der Waals surface area contributed by atoms with Crippen LogP contribution in [0, 0.1) is 0 Å². The Bertz CT molecular complexity index is 816. The summed E-state index contributed by atoms with van der Waals surface area (Å²) in [5.74, 6) is 2.12. The Morgan fingerprint density at radius 3 is 2.86 bits per heavy atom. The maximum atomic E-state index is 6.12. The molecule has 22 heavy (non-hydrogen) atoms. The van der Waals surface area contributed by atoms with Crippen molar-refractivity contribution in [1.29, 1.82) is 0 Å². The molecule has 0 bridgehead atoms. The SMILES string of the molecule is COc1cccnc1Nc1cc(Cl)nn2c(C(C)C)nnc12. The number of aromatic nitrogens is 5. The fourth-order valence-electron chi connectivity index (χ4n) is 2.10. The van der Waals surface area contributed by atoms with Crippen molar-refractivity contribution < 1.29 is 4.74 Å². The van der Waals surface area contributed by atoms with E-state index in [-0.39, 0.29) is 5.92 Å². The first-order chi connectivity index (χ1) is 10.6. The molecule has 1 N–H and O–H groups in total. The summed E-state index contributed by atoms with van der Waals surface area (Å²) in [5.41, 5.74) is 1.25. The molecule has 0 fully saturated rings. The lowest BCUT2D eigenvalue weighted by Crippen LogP contribution is -2.04. The molecule has 3 aromatic heterocycles. The van der Waals surface area contributed by atoms with Crippen molar-refractivity contribution in [2.24, 2.45) is 0 Å². The number of methoxy groups -OCH3 is 1. The van der Waals surface area contributed by atoms with E-state index in [0.717, 1.165) is 5.82 Å². The van der Waals surface area contributed by atoms with Gasteiger partial charge >= 0.3 is 0 Å². The van der Waals surface area contributed by atoms with Gasteiger partial charge in [-0.05, 0) is 12.1 Å². The van der Waals surface area contributed by atoms with E-state index in [4.69, 9.17) is 16.3 Å². The second-order valence-corrected chi connectivity index (χ2v) is 5.40. The van der Waals surface area contributed by atoms with Crippen molar-refractivity contribution >= 4 is 28.8 Å². The standard InChI is InChI=1S/C14H15ClN6O/c1-8(2)13-18-19-14-9(7-11(15)20-21(13)14)17-12-10(22-3)5-4-6-16-12/h4-8H,1-3H3,(H,16,17). The van der Waals surface area contributed by atoms with Crippen molar-refractivity contribution in [3.63, 3.8) is 0 Å². The van der Waals surface area contributed by atoms with E-state index >= 15 is 0 Å². The van der Waals surface area contributed by atoms with E-state index in [1.807, 2.05) is 19.9 Å². The smallest absolute Gasteiger partial charge is 0.201 e. The lowest BCUT2D eigenvalue weighted by molar-refractivity contribution is 0.415. The zero-order valence-corrected chi connectivity index (χ0v) is 13.2.